The van der Waals surface area contributed by atoms with E-state index in [2.05, 4.69) is 0 Å². The summed E-state index contributed by atoms with van der Waals surface area (Å²) < 4.78 is 69.0. The number of rotatable bonds is 3. The Hall–Kier alpha value is -2.44. The van der Waals surface area contributed by atoms with Crippen LogP contribution in [0.15, 0.2) is 36.4 Å². The monoisotopic (exact) mass is 302 g/mol. The number of hydrogen-bond acceptors (Lipinski definition) is 2. The molecule has 0 saturated heterocycles. The van der Waals surface area contributed by atoms with E-state index < -0.39 is 34.9 Å². The van der Waals surface area contributed by atoms with Crippen LogP contribution in [-0.2, 0) is 6.18 Å². The molecule has 0 fully saturated rings. The molecular formula is C14H7F5O2. The lowest BCUT2D eigenvalue weighted by Crippen LogP contribution is -2.06. The lowest BCUT2D eigenvalue weighted by atomic mass is 10.1. The third-order valence-electron chi connectivity index (χ3n) is 2.58. The maximum Gasteiger partial charge on any atom is 0.416 e. The summed E-state index contributed by atoms with van der Waals surface area (Å²) in [7, 11) is 0. The Bertz CT molecular complexity index is 680. The van der Waals surface area contributed by atoms with Crippen molar-refractivity contribution in [2.75, 3.05) is 0 Å². The smallest absolute Gasteiger partial charge is 0.416 e. The van der Waals surface area contributed by atoms with Gasteiger partial charge < -0.3 is 4.74 Å². The number of carbonyl (C=O) groups is 1. The van der Waals surface area contributed by atoms with Gasteiger partial charge in [0.05, 0.1) is 11.1 Å². The van der Waals surface area contributed by atoms with E-state index in [1.807, 2.05) is 0 Å². The normalized spacial score (nSPS) is 11.3. The van der Waals surface area contributed by atoms with E-state index in [1.54, 1.807) is 0 Å². The van der Waals surface area contributed by atoms with Gasteiger partial charge in [-0.1, -0.05) is 0 Å². The fourth-order valence-corrected chi connectivity index (χ4v) is 1.57. The highest BCUT2D eigenvalue weighted by Gasteiger charge is 2.31. The largest absolute Gasteiger partial charge is 0.454 e. The zero-order valence-corrected chi connectivity index (χ0v) is 10.2. The second-order valence-corrected chi connectivity index (χ2v) is 4.05. The van der Waals surface area contributed by atoms with Crippen molar-refractivity contribution in [1.29, 1.82) is 0 Å². The molecule has 0 bridgehead atoms. The SMILES string of the molecule is O=Cc1ccc(C(F)(F)F)cc1Oc1ccc(F)cc1F. The standard InChI is InChI=1S/C14H7F5O2/c15-10-3-4-12(11(16)6-10)21-13-5-9(14(17,18)19)2-1-8(13)7-20/h1-7H. The van der Waals surface area contributed by atoms with E-state index in [9.17, 15) is 26.7 Å². The van der Waals surface area contributed by atoms with E-state index in [0.717, 1.165) is 18.2 Å². The van der Waals surface area contributed by atoms with Crippen LogP contribution < -0.4 is 4.74 Å². The van der Waals surface area contributed by atoms with E-state index in [4.69, 9.17) is 4.74 Å². The molecule has 0 aromatic heterocycles. The third-order valence-corrected chi connectivity index (χ3v) is 2.58. The van der Waals surface area contributed by atoms with Crippen LogP contribution in [0.4, 0.5) is 22.0 Å². The van der Waals surface area contributed by atoms with Crippen molar-refractivity contribution in [1.82, 2.24) is 0 Å². The van der Waals surface area contributed by atoms with Crippen LogP contribution in [0.3, 0.4) is 0 Å². The molecule has 0 saturated carbocycles. The van der Waals surface area contributed by atoms with E-state index >= 15 is 0 Å². The molecule has 2 aromatic rings. The van der Waals surface area contributed by atoms with Gasteiger partial charge >= 0.3 is 6.18 Å². The van der Waals surface area contributed by atoms with Crippen LogP contribution in [0.1, 0.15) is 15.9 Å². The molecule has 110 valence electrons. The Balaban J connectivity index is 2.44. The highest BCUT2D eigenvalue weighted by molar-refractivity contribution is 5.79. The molecule has 0 N–H and O–H groups in total. The topological polar surface area (TPSA) is 26.3 Å². The Morgan fingerprint density at radius 2 is 1.67 bits per heavy atom. The lowest BCUT2D eigenvalue weighted by Gasteiger charge is -2.12. The summed E-state index contributed by atoms with van der Waals surface area (Å²) in [5.74, 6) is -2.91. The molecule has 0 aliphatic heterocycles. The molecule has 0 radical (unpaired) electrons. The molecule has 0 aliphatic carbocycles. The van der Waals surface area contributed by atoms with Gasteiger partial charge in [-0.3, -0.25) is 4.79 Å². The number of ether oxygens (including phenoxy) is 1. The first-order valence-electron chi connectivity index (χ1n) is 5.60. The van der Waals surface area contributed by atoms with Gasteiger partial charge in [-0.25, -0.2) is 8.78 Å². The first kappa shape index (κ1) is 15.0. The van der Waals surface area contributed by atoms with Crippen molar-refractivity contribution in [3.63, 3.8) is 0 Å². The zero-order chi connectivity index (χ0) is 15.6. The predicted molar refractivity (Wildman–Crippen MR) is 63.3 cm³/mol. The van der Waals surface area contributed by atoms with Crippen molar-refractivity contribution in [2.24, 2.45) is 0 Å². The maximum absolute atomic E-state index is 13.4. The highest BCUT2D eigenvalue weighted by Crippen LogP contribution is 2.35. The summed E-state index contributed by atoms with van der Waals surface area (Å²) in [4.78, 5) is 10.8. The minimum Gasteiger partial charge on any atom is -0.454 e. The summed E-state index contributed by atoms with van der Waals surface area (Å²) in [6, 6.07) is 4.51. The van der Waals surface area contributed by atoms with Gasteiger partial charge in [-0.2, -0.15) is 13.2 Å². The van der Waals surface area contributed by atoms with Gasteiger partial charge in [0, 0.05) is 6.07 Å². The molecule has 0 spiro atoms. The number of hydrogen-bond donors (Lipinski definition) is 0. The Morgan fingerprint density at radius 1 is 0.952 bits per heavy atom. The van der Waals surface area contributed by atoms with Gasteiger partial charge in [-0.05, 0) is 30.3 Å². The van der Waals surface area contributed by atoms with Gasteiger partial charge in [0.2, 0.25) is 0 Å². The zero-order valence-electron chi connectivity index (χ0n) is 10.2. The van der Waals surface area contributed by atoms with Crippen molar-refractivity contribution >= 4 is 6.29 Å². The molecule has 0 unspecified atom stereocenters. The molecule has 0 aliphatic rings. The Morgan fingerprint density at radius 3 is 2.24 bits per heavy atom. The van der Waals surface area contributed by atoms with E-state index in [-0.39, 0.29) is 11.8 Å². The van der Waals surface area contributed by atoms with Gasteiger partial charge in [-0.15, -0.1) is 0 Å². The second kappa shape index (κ2) is 5.51. The molecular weight excluding hydrogens is 295 g/mol. The summed E-state index contributed by atoms with van der Waals surface area (Å²) in [5, 5.41) is 0. The highest BCUT2D eigenvalue weighted by atomic mass is 19.4. The van der Waals surface area contributed by atoms with E-state index in [1.165, 1.54) is 0 Å². The molecule has 2 aromatic carbocycles. The average molecular weight is 302 g/mol. The van der Waals surface area contributed by atoms with Crippen molar-refractivity contribution in [3.05, 3.63) is 59.2 Å². The van der Waals surface area contributed by atoms with Crippen LogP contribution in [0.25, 0.3) is 0 Å². The molecule has 7 heteroatoms. The average Bonchev–Trinajstić information content (AvgIpc) is 2.41. The van der Waals surface area contributed by atoms with Gasteiger partial charge in [0.1, 0.15) is 11.6 Å². The fourth-order valence-electron chi connectivity index (χ4n) is 1.57. The summed E-state index contributed by atoms with van der Waals surface area (Å²) in [6.45, 7) is 0. The molecule has 2 rings (SSSR count). The Kier molecular flexibility index (Phi) is 3.93. The fraction of sp³-hybridized carbons (Fsp3) is 0.0714. The predicted octanol–water partition coefficient (Wildman–Crippen LogP) is 4.59. The minimum absolute atomic E-state index is 0.188. The van der Waals surface area contributed by atoms with Crippen LogP contribution >= 0.6 is 0 Å². The first-order chi connectivity index (χ1) is 9.81. The van der Waals surface area contributed by atoms with Crippen LogP contribution in [0, 0.1) is 11.6 Å². The number of alkyl halides is 3. The molecule has 21 heavy (non-hydrogen) atoms. The van der Waals surface area contributed by atoms with Crippen LogP contribution in [0.2, 0.25) is 0 Å². The number of benzene rings is 2. The molecule has 0 amide bonds. The Labute approximate surface area is 115 Å². The molecule has 0 heterocycles. The second-order valence-electron chi connectivity index (χ2n) is 4.05. The van der Waals surface area contributed by atoms with Crippen molar-refractivity contribution in [2.45, 2.75) is 6.18 Å². The van der Waals surface area contributed by atoms with Crippen molar-refractivity contribution < 1.29 is 31.5 Å². The first-order valence-corrected chi connectivity index (χ1v) is 5.60. The maximum atomic E-state index is 13.4. The number of halogens is 5. The quantitative estimate of drug-likeness (QED) is 0.612. The molecule has 2 nitrogen and oxygen atoms in total. The minimum atomic E-state index is -4.64. The van der Waals surface area contributed by atoms with E-state index in [0.29, 0.717) is 18.2 Å². The summed E-state index contributed by atoms with van der Waals surface area (Å²) in [5.41, 5.74) is -1.24. The molecule has 0 atom stereocenters. The number of carbonyl (C=O) groups excluding carboxylic acids is 1. The third kappa shape index (κ3) is 3.36. The lowest BCUT2D eigenvalue weighted by molar-refractivity contribution is -0.137. The van der Waals surface area contributed by atoms with Gasteiger partial charge in [0.25, 0.3) is 0 Å². The van der Waals surface area contributed by atoms with Crippen LogP contribution in [-0.4, -0.2) is 6.29 Å². The van der Waals surface area contributed by atoms with Gasteiger partial charge in [0.15, 0.2) is 17.9 Å². The summed E-state index contributed by atoms with van der Waals surface area (Å²) >= 11 is 0. The summed E-state index contributed by atoms with van der Waals surface area (Å²) in [6.07, 6.45) is -4.36. The van der Waals surface area contributed by atoms with Crippen molar-refractivity contribution in [3.8, 4) is 11.5 Å². The van der Waals surface area contributed by atoms with Crippen LogP contribution in [0.5, 0.6) is 11.5 Å². The number of aldehydes is 1.